The fourth-order valence-corrected chi connectivity index (χ4v) is 1.20. The second kappa shape index (κ2) is 4.41. The summed E-state index contributed by atoms with van der Waals surface area (Å²) in [7, 11) is 0. The summed E-state index contributed by atoms with van der Waals surface area (Å²) in [5.74, 6) is 0.00556. The van der Waals surface area contributed by atoms with Gasteiger partial charge in [-0.2, -0.15) is 0 Å². The maximum absolute atomic E-state index is 10.5. The summed E-state index contributed by atoms with van der Waals surface area (Å²) in [6, 6.07) is 4.79. The van der Waals surface area contributed by atoms with Crippen LogP contribution in [-0.2, 0) is 6.54 Å². The van der Waals surface area contributed by atoms with Crippen LogP contribution in [0.2, 0.25) is 0 Å². The van der Waals surface area contributed by atoms with Gasteiger partial charge in [-0.15, -0.1) is 0 Å². The molecule has 1 rings (SSSR count). The summed E-state index contributed by atoms with van der Waals surface area (Å²) in [6.45, 7) is 2.01. The van der Waals surface area contributed by atoms with Gasteiger partial charge >= 0.3 is 0 Å². The van der Waals surface area contributed by atoms with E-state index in [9.17, 15) is 10.1 Å². The van der Waals surface area contributed by atoms with Crippen LogP contribution in [0.15, 0.2) is 23.2 Å². The molecule has 6 heteroatoms. The molecule has 0 saturated heterocycles. The third kappa shape index (κ3) is 2.94. The van der Waals surface area contributed by atoms with Crippen LogP contribution >= 0.6 is 0 Å². The molecule has 0 atom stereocenters. The normalized spacial score (nSPS) is 9.67. The van der Waals surface area contributed by atoms with Gasteiger partial charge in [-0.25, -0.2) is 4.99 Å². The molecule has 1 aromatic carbocycles. The average Bonchev–Trinajstić information content (AvgIpc) is 2.14. The number of nitrogens with two attached hydrogens (primary N) is 2. The van der Waals surface area contributed by atoms with Gasteiger partial charge in [0.05, 0.1) is 11.5 Å². The Balaban J connectivity index is 2.92. The molecule has 0 bridgehead atoms. The molecule has 4 N–H and O–H groups in total. The predicted octanol–water partition coefficient (Wildman–Crippen LogP) is 0.677. The van der Waals surface area contributed by atoms with Crippen LogP contribution in [0.4, 0.5) is 5.69 Å². The van der Waals surface area contributed by atoms with E-state index in [1.54, 1.807) is 19.1 Å². The van der Waals surface area contributed by atoms with Crippen molar-refractivity contribution in [3.63, 3.8) is 0 Å². The summed E-state index contributed by atoms with van der Waals surface area (Å²) in [5.41, 5.74) is 11.9. The lowest BCUT2D eigenvalue weighted by Crippen LogP contribution is -2.22. The van der Waals surface area contributed by atoms with E-state index in [1.807, 2.05) is 0 Å². The second-order valence-corrected chi connectivity index (χ2v) is 3.12. The van der Waals surface area contributed by atoms with Crippen LogP contribution in [-0.4, -0.2) is 10.9 Å². The van der Waals surface area contributed by atoms with E-state index in [1.165, 1.54) is 6.07 Å². The van der Waals surface area contributed by atoms with E-state index in [4.69, 9.17) is 11.5 Å². The van der Waals surface area contributed by atoms with Crippen LogP contribution in [0.1, 0.15) is 11.1 Å². The van der Waals surface area contributed by atoms with Gasteiger partial charge in [0, 0.05) is 11.6 Å². The first kappa shape index (κ1) is 11.0. The van der Waals surface area contributed by atoms with Gasteiger partial charge in [0.25, 0.3) is 5.69 Å². The lowest BCUT2D eigenvalue weighted by Gasteiger charge is -2.00. The zero-order valence-corrected chi connectivity index (χ0v) is 8.30. The minimum Gasteiger partial charge on any atom is -0.370 e. The summed E-state index contributed by atoms with van der Waals surface area (Å²) in [4.78, 5) is 13.9. The van der Waals surface area contributed by atoms with Gasteiger partial charge in [0.15, 0.2) is 5.96 Å². The first-order valence-electron chi connectivity index (χ1n) is 4.30. The Morgan fingerprint density at radius 1 is 1.53 bits per heavy atom. The molecule has 6 nitrogen and oxygen atoms in total. The number of nitrogens with zero attached hydrogens (tertiary/aromatic N) is 2. The molecule has 80 valence electrons. The fraction of sp³-hybridized carbons (Fsp3) is 0.222. The van der Waals surface area contributed by atoms with Crippen molar-refractivity contribution in [2.45, 2.75) is 13.5 Å². The molecular weight excluding hydrogens is 196 g/mol. The number of hydrogen-bond donors (Lipinski definition) is 2. The second-order valence-electron chi connectivity index (χ2n) is 3.12. The van der Waals surface area contributed by atoms with Crippen molar-refractivity contribution in [2.75, 3.05) is 0 Å². The summed E-state index contributed by atoms with van der Waals surface area (Å²) in [6.07, 6.45) is 0. The zero-order chi connectivity index (χ0) is 11.4. The smallest absolute Gasteiger partial charge is 0.272 e. The average molecular weight is 208 g/mol. The van der Waals surface area contributed by atoms with Gasteiger partial charge in [-0.05, 0) is 18.6 Å². The highest BCUT2D eigenvalue weighted by Gasteiger charge is 2.09. The molecule has 0 amide bonds. The number of rotatable bonds is 3. The predicted molar refractivity (Wildman–Crippen MR) is 57.3 cm³/mol. The van der Waals surface area contributed by atoms with Gasteiger partial charge in [-0.1, -0.05) is 6.07 Å². The van der Waals surface area contributed by atoms with Crippen LogP contribution in [0.3, 0.4) is 0 Å². The monoisotopic (exact) mass is 208 g/mol. The number of nitro groups is 1. The molecule has 0 unspecified atom stereocenters. The number of nitro benzene ring substituents is 1. The molecule has 1 aromatic rings. The van der Waals surface area contributed by atoms with Gasteiger partial charge < -0.3 is 11.5 Å². The quantitative estimate of drug-likeness (QED) is 0.329. The molecule has 0 aliphatic carbocycles. The number of guanidine groups is 1. The maximum atomic E-state index is 10.5. The van der Waals surface area contributed by atoms with E-state index in [0.29, 0.717) is 12.1 Å². The molecule has 0 aliphatic rings. The van der Waals surface area contributed by atoms with Crippen molar-refractivity contribution in [1.82, 2.24) is 0 Å². The minimum absolute atomic E-state index is 0.00556. The lowest BCUT2D eigenvalue weighted by molar-refractivity contribution is -0.385. The lowest BCUT2D eigenvalue weighted by atomic mass is 10.1. The van der Waals surface area contributed by atoms with Crippen LogP contribution < -0.4 is 11.5 Å². The third-order valence-corrected chi connectivity index (χ3v) is 1.90. The summed E-state index contributed by atoms with van der Waals surface area (Å²) in [5, 5.41) is 10.5. The summed E-state index contributed by atoms with van der Waals surface area (Å²) >= 11 is 0. The van der Waals surface area contributed by atoms with Crippen molar-refractivity contribution in [2.24, 2.45) is 16.5 Å². The number of benzene rings is 1. The highest BCUT2D eigenvalue weighted by molar-refractivity contribution is 5.75. The van der Waals surface area contributed by atoms with Crippen LogP contribution in [0.25, 0.3) is 0 Å². The molecular formula is C9H12N4O2. The number of hydrogen-bond acceptors (Lipinski definition) is 3. The van der Waals surface area contributed by atoms with E-state index in [0.717, 1.165) is 5.56 Å². The fourth-order valence-electron chi connectivity index (χ4n) is 1.20. The summed E-state index contributed by atoms with van der Waals surface area (Å²) < 4.78 is 0. The van der Waals surface area contributed by atoms with Crippen molar-refractivity contribution in [3.05, 3.63) is 39.4 Å². The van der Waals surface area contributed by atoms with E-state index >= 15 is 0 Å². The number of aryl methyl sites for hydroxylation is 1. The first-order valence-corrected chi connectivity index (χ1v) is 4.30. The Morgan fingerprint density at radius 3 is 2.67 bits per heavy atom. The van der Waals surface area contributed by atoms with Crippen LogP contribution in [0, 0.1) is 17.0 Å². The Bertz CT molecular complexity index is 411. The van der Waals surface area contributed by atoms with Crippen molar-refractivity contribution >= 4 is 11.6 Å². The van der Waals surface area contributed by atoms with Crippen molar-refractivity contribution in [3.8, 4) is 0 Å². The van der Waals surface area contributed by atoms with E-state index in [-0.39, 0.29) is 11.6 Å². The minimum atomic E-state index is -0.417. The van der Waals surface area contributed by atoms with E-state index in [2.05, 4.69) is 4.99 Å². The molecule has 0 fully saturated rings. The molecule has 0 aromatic heterocycles. The zero-order valence-electron chi connectivity index (χ0n) is 8.30. The van der Waals surface area contributed by atoms with Gasteiger partial charge in [-0.3, -0.25) is 10.1 Å². The Kier molecular flexibility index (Phi) is 3.22. The molecule has 0 saturated carbocycles. The third-order valence-electron chi connectivity index (χ3n) is 1.90. The topological polar surface area (TPSA) is 108 Å². The highest BCUT2D eigenvalue weighted by Crippen LogP contribution is 2.18. The Hall–Kier alpha value is -2.11. The molecule has 0 radical (unpaired) electrons. The van der Waals surface area contributed by atoms with Crippen LogP contribution in [0.5, 0.6) is 0 Å². The largest absolute Gasteiger partial charge is 0.370 e. The Labute approximate surface area is 86.8 Å². The maximum Gasteiger partial charge on any atom is 0.272 e. The van der Waals surface area contributed by atoms with Crippen molar-refractivity contribution < 1.29 is 4.92 Å². The molecule has 0 heterocycles. The highest BCUT2D eigenvalue weighted by atomic mass is 16.6. The Morgan fingerprint density at radius 2 is 2.20 bits per heavy atom. The van der Waals surface area contributed by atoms with Crippen molar-refractivity contribution in [1.29, 1.82) is 0 Å². The molecule has 0 aliphatic heterocycles. The number of aliphatic imine (C=N–C) groups is 1. The van der Waals surface area contributed by atoms with Gasteiger partial charge in [0.2, 0.25) is 0 Å². The molecule has 15 heavy (non-hydrogen) atoms. The van der Waals surface area contributed by atoms with E-state index < -0.39 is 4.92 Å². The van der Waals surface area contributed by atoms with Gasteiger partial charge in [0.1, 0.15) is 0 Å². The standard InChI is InChI=1S/C9H12N4O2/c1-6-4-7(5-12-9(10)11)2-3-8(6)13(14)15/h2-4H,5H2,1H3,(H4,10,11,12). The SMILES string of the molecule is Cc1cc(CN=C(N)N)ccc1[N+](=O)[O-]. The molecule has 0 spiro atoms. The first-order chi connectivity index (χ1) is 7.00.